The fourth-order valence-corrected chi connectivity index (χ4v) is 3.25. The van der Waals surface area contributed by atoms with Gasteiger partial charge in [-0.1, -0.05) is 33.6 Å². The Kier molecular flexibility index (Phi) is 6.43. The van der Waals surface area contributed by atoms with E-state index in [1.807, 2.05) is 13.8 Å². The molecule has 1 aliphatic heterocycles. The van der Waals surface area contributed by atoms with Crippen molar-refractivity contribution in [1.82, 2.24) is 9.21 Å². The lowest BCUT2D eigenvalue weighted by Crippen LogP contribution is -2.55. The third-order valence-electron chi connectivity index (χ3n) is 4.02. The molecule has 0 spiro atoms. The molecule has 0 aromatic carbocycles. The fraction of sp³-hybridized carbons (Fsp3) is 0.786. The van der Waals surface area contributed by atoms with Gasteiger partial charge in [0.25, 0.3) is 5.91 Å². The van der Waals surface area contributed by atoms with E-state index in [-0.39, 0.29) is 11.8 Å². The molecule has 1 saturated heterocycles. The van der Waals surface area contributed by atoms with Gasteiger partial charge in [-0.25, -0.2) is 0 Å². The number of aliphatic hydroxyl groups is 1. The molecule has 5 atom stereocenters. The standard InChI is InChI=1S/C14H26N4O4S/c1-6(2)5-17-10(7(3)9(15)13(17)21)14(22)18(23)11(8(4)19)12(16)20/h6-11,19,23H,5,15H2,1-4H3,(H2,16,20)/t7?,8-,9?,10?,11+/m1/s1. The maximum atomic E-state index is 12.8. The lowest BCUT2D eigenvalue weighted by atomic mass is 9.97. The minimum Gasteiger partial charge on any atom is -0.391 e. The highest BCUT2D eigenvalue weighted by Gasteiger charge is 2.49. The molecular weight excluding hydrogens is 320 g/mol. The van der Waals surface area contributed by atoms with E-state index in [1.54, 1.807) is 6.92 Å². The summed E-state index contributed by atoms with van der Waals surface area (Å²) in [6.45, 7) is 7.25. The van der Waals surface area contributed by atoms with Crippen LogP contribution >= 0.6 is 12.8 Å². The van der Waals surface area contributed by atoms with Crippen molar-refractivity contribution in [2.75, 3.05) is 6.54 Å². The van der Waals surface area contributed by atoms with Crippen molar-refractivity contribution in [3.05, 3.63) is 0 Å². The van der Waals surface area contributed by atoms with E-state index in [0.29, 0.717) is 6.54 Å². The Morgan fingerprint density at radius 3 is 2.30 bits per heavy atom. The molecule has 0 aromatic rings. The smallest absolute Gasteiger partial charge is 0.256 e. The third kappa shape index (κ3) is 3.96. The summed E-state index contributed by atoms with van der Waals surface area (Å²) >= 11 is 4.05. The minimum absolute atomic E-state index is 0.142. The van der Waals surface area contributed by atoms with Crippen LogP contribution in [0.2, 0.25) is 0 Å². The number of hydrogen-bond acceptors (Lipinski definition) is 6. The lowest BCUT2D eigenvalue weighted by Gasteiger charge is -2.33. The molecule has 0 radical (unpaired) electrons. The largest absolute Gasteiger partial charge is 0.391 e. The van der Waals surface area contributed by atoms with E-state index in [4.69, 9.17) is 11.5 Å². The summed E-state index contributed by atoms with van der Waals surface area (Å²) in [4.78, 5) is 38.0. The van der Waals surface area contributed by atoms with Gasteiger partial charge >= 0.3 is 0 Å². The number of aliphatic hydroxyl groups excluding tert-OH is 1. The first-order chi connectivity index (χ1) is 10.5. The zero-order chi connectivity index (χ0) is 18.1. The van der Waals surface area contributed by atoms with E-state index in [0.717, 1.165) is 4.31 Å². The Bertz CT molecular complexity index is 485. The van der Waals surface area contributed by atoms with E-state index >= 15 is 0 Å². The molecule has 0 saturated carbocycles. The number of rotatable bonds is 6. The molecule has 0 aromatic heterocycles. The molecule has 5 N–H and O–H groups in total. The van der Waals surface area contributed by atoms with Crippen LogP contribution in [0.3, 0.4) is 0 Å². The van der Waals surface area contributed by atoms with E-state index in [1.165, 1.54) is 11.8 Å². The predicted octanol–water partition coefficient (Wildman–Crippen LogP) is -1.28. The van der Waals surface area contributed by atoms with Crippen LogP contribution in [0.4, 0.5) is 0 Å². The van der Waals surface area contributed by atoms with Gasteiger partial charge in [0.15, 0.2) is 0 Å². The van der Waals surface area contributed by atoms with Crippen LogP contribution in [-0.2, 0) is 14.4 Å². The van der Waals surface area contributed by atoms with Gasteiger partial charge in [0, 0.05) is 12.5 Å². The molecule has 9 heteroatoms. The lowest BCUT2D eigenvalue weighted by molar-refractivity contribution is -0.143. The Balaban J connectivity index is 3.11. The Labute approximate surface area is 141 Å². The number of carbonyl (C=O) groups is 3. The summed E-state index contributed by atoms with van der Waals surface area (Å²) in [5.41, 5.74) is 11.1. The quantitative estimate of drug-likeness (QED) is 0.445. The summed E-state index contributed by atoms with van der Waals surface area (Å²) in [5, 5.41) is 9.68. The van der Waals surface area contributed by atoms with Crippen molar-refractivity contribution in [3.63, 3.8) is 0 Å². The molecule has 132 valence electrons. The maximum absolute atomic E-state index is 12.8. The molecule has 1 fully saturated rings. The van der Waals surface area contributed by atoms with Gasteiger partial charge in [-0.15, -0.1) is 0 Å². The molecule has 1 aliphatic rings. The second-order valence-corrected chi connectivity index (χ2v) is 6.92. The number of nitrogens with two attached hydrogens (primary N) is 2. The first kappa shape index (κ1) is 19.7. The Morgan fingerprint density at radius 1 is 1.39 bits per heavy atom. The van der Waals surface area contributed by atoms with Crippen LogP contribution in [0, 0.1) is 11.8 Å². The van der Waals surface area contributed by atoms with Crippen LogP contribution in [0.1, 0.15) is 27.7 Å². The highest BCUT2D eigenvalue weighted by molar-refractivity contribution is 7.78. The zero-order valence-electron chi connectivity index (χ0n) is 13.8. The van der Waals surface area contributed by atoms with Gasteiger partial charge in [-0.05, 0) is 12.8 Å². The summed E-state index contributed by atoms with van der Waals surface area (Å²) < 4.78 is 0.812. The highest BCUT2D eigenvalue weighted by Crippen LogP contribution is 2.28. The first-order valence-electron chi connectivity index (χ1n) is 7.56. The van der Waals surface area contributed by atoms with Crippen LogP contribution in [0.5, 0.6) is 0 Å². The summed E-state index contributed by atoms with van der Waals surface area (Å²) in [6.07, 6.45) is -1.19. The van der Waals surface area contributed by atoms with Crippen LogP contribution in [0.25, 0.3) is 0 Å². The van der Waals surface area contributed by atoms with Crippen molar-refractivity contribution in [2.24, 2.45) is 23.3 Å². The minimum atomic E-state index is -1.29. The SMILES string of the molecule is CC(C)CN1C(=O)C(N)C(C)C1C(=O)N(S)[C@H](C(N)=O)[C@@H](C)O. The Hall–Kier alpha value is -1.32. The predicted molar refractivity (Wildman–Crippen MR) is 88.0 cm³/mol. The van der Waals surface area contributed by atoms with E-state index < -0.39 is 42.0 Å². The van der Waals surface area contributed by atoms with Crippen LogP contribution < -0.4 is 11.5 Å². The van der Waals surface area contributed by atoms with Crippen molar-refractivity contribution in [2.45, 2.75) is 51.9 Å². The van der Waals surface area contributed by atoms with Crippen molar-refractivity contribution in [3.8, 4) is 0 Å². The number of carbonyl (C=O) groups excluding carboxylic acids is 3. The second-order valence-electron chi connectivity index (χ2n) is 6.48. The molecule has 3 amide bonds. The van der Waals surface area contributed by atoms with Crippen molar-refractivity contribution in [1.29, 1.82) is 0 Å². The van der Waals surface area contributed by atoms with Gasteiger partial charge in [0.05, 0.1) is 12.1 Å². The topological polar surface area (TPSA) is 130 Å². The number of thiol groups is 1. The molecule has 3 unspecified atom stereocenters. The average Bonchev–Trinajstić information content (AvgIpc) is 2.61. The summed E-state index contributed by atoms with van der Waals surface area (Å²) in [5.74, 6) is -2.05. The van der Waals surface area contributed by atoms with Gasteiger partial charge in [0.2, 0.25) is 11.8 Å². The molecule has 8 nitrogen and oxygen atoms in total. The monoisotopic (exact) mass is 346 g/mol. The molecule has 23 heavy (non-hydrogen) atoms. The zero-order valence-corrected chi connectivity index (χ0v) is 14.7. The average molecular weight is 346 g/mol. The second kappa shape index (κ2) is 7.50. The van der Waals surface area contributed by atoms with E-state index in [2.05, 4.69) is 12.8 Å². The molecule has 1 rings (SSSR count). The number of hydrogen-bond donors (Lipinski definition) is 4. The summed E-state index contributed by atoms with van der Waals surface area (Å²) in [6, 6.07) is -2.91. The third-order valence-corrected chi connectivity index (χ3v) is 4.47. The first-order valence-corrected chi connectivity index (χ1v) is 7.96. The van der Waals surface area contributed by atoms with Crippen LogP contribution in [-0.4, -0.2) is 62.8 Å². The molecule has 1 heterocycles. The number of amides is 3. The molecule has 0 bridgehead atoms. The number of primary amides is 1. The van der Waals surface area contributed by atoms with Gasteiger partial charge in [0.1, 0.15) is 12.1 Å². The van der Waals surface area contributed by atoms with Gasteiger partial charge in [-0.3, -0.25) is 18.7 Å². The highest BCUT2D eigenvalue weighted by atomic mass is 32.1. The van der Waals surface area contributed by atoms with Crippen LogP contribution in [0.15, 0.2) is 0 Å². The van der Waals surface area contributed by atoms with Gasteiger partial charge < -0.3 is 21.5 Å². The van der Waals surface area contributed by atoms with Gasteiger partial charge in [-0.2, -0.15) is 0 Å². The Morgan fingerprint density at radius 2 is 1.91 bits per heavy atom. The fourth-order valence-electron chi connectivity index (χ4n) is 2.82. The number of nitrogens with zero attached hydrogens (tertiary/aromatic N) is 2. The summed E-state index contributed by atoms with van der Waals surface area (Å²) in [7, 11) is 0. The molecular formula is C14H26N4O4S. The van der Waals surface area contributed by atoms with Crippen molar-refractivity contribution < 1.29 is 19.5 Å². The number of likely N-dealkylation sites (tertiary alicyclic amines) is 1. The maximum Gasteiger partial charge on any atom is 0.256 e. The molecule has 0 aliphatic carbocycles. The van der Waals surface area contributed by atoms with E-state index in [9.17, 15) is 19.5 Å². The van der Waals surface area contributed by atoms with Crippen molar-refractivity contribution >= 4 is 30.5 Å². The normalized spacial score (nSPS) is 27.2.